The average Bonchev–Trinajstić information content (AvgIpc) is 2.79. The summed E-state index contributed by atoms with van der Waals surface area (Å²) in [6.45, 7) is 7.29. The molecule has 6 heteroatoms. The normalized spacial score (nSPS) is 10.9. The highest BCUT2D eigenvalue weighted by Crippen LogP contribution is 1.99. The van der Waals surface area contributed by atoms with Crippen molar-refractivity contribution in [2.24, 2.45) is 5.92 Å². The minimum Gasteiger partial charge on any atom is -0.383 e. The van der Waals surface area contributed by atoms with Crippen LogP contribution >= 0.6 is 0 Å². The summed E-state index contributed by atoms with van der Waals surface area (Å²) < 4.78 is 6.82. The number of nitrogens with one attached hydrogen (secondary N) is 2. The van der Waals surface area contributed by atoms with Gasteiger partial charge >= 0.3 is 0 Å². The third kappa shape index (κ3) is 6.35. The van der Waals surface area contributed by atoms with Crippen LogP contribution in [0.5, 0.6) is 0 Å². The first-order chi connectivity index (χ1) is 9.13. The maximum Gasteiger partial charge on any atom is 0.239 e. The van der Waals surface area contributed by atoms with Crippen LogP contribution < -0.4 is 10.6 Å². The molecule has 0 atom stereocenters. The van der Waals surface area contributed by atoms with E-state index in [1.807, 2.05) is 4.57 Å². The molecule has 6 nitrogen and oxygen atoms in total. The molecule has 0 spiro atoms. The lowest BCUT2D eigenvalue weighted by atomic mass is 10.2. The van der Waals surface area contributed by atoms with Gasteiger partial charge in [-0.2, -0.15) is 0 Å². The molecule has 1 aromatic heterocycles. The third-order valence-corrected chi connectivity index (χ3v) is 2.61. The number of aromatic nitrogens is 2. The zero-order chi connectivity index (χ0) is 14.1. The molecule has 0 aliphatic rings. The van der Waals surface area contributed by atoms with E-state index in [0.717, 1.165) is 12.2 Å². The number of hydrogen-bond acceptors (Lipinski definition) is 4. The summed E-state index contributed by atoms with van der Waals surface area (Å²) in [7, 11) is 1.67. The molecule has 1 aromatic rings. The summed E-state index contributed by atoms with van der Waals surface area (Å²) in [4.78, 5) is 15.8. The first-order valence-electron chi connectivity index (χ1n) is 6.58. The standard InChI is InChI=1S/C13H24N4O2/c1-11(2)6-16-13(18)9-17-10-15-8-12(17)7-14-4-5-19-3/h8,10-11,14H,4-7,9H2,1-3H3,(H,16,18). The Morgan fingerprint density at radius 3 is 3.00 bits per heavy atom. The summed E-state index contributed by atoms with van der Waals surface area (Å²) in [5.41, 5.74) is 0.996. The zero-order valence-corrected chi connectivity index (χ0v) is 12.0. The Morgan fingerprint density at radius 1 is 1.53 bits per heavy atom. The van der Waals surface area contributed by atoms with Gasteiger partial charge in [-0.25, -0.2) is 4.98 Å². The molecule has 0 bridgehead atoms. The fourth-order valence-corrected chi connectivity index (χ4v) is 1.56. The molecule has 0 radical (unpaired) electrons. The minimum atomic E-state index is 0.0184. The molecule has 1 heterocycles. The summed E-state index contributed by atoms with van der Waals surface area (Å²) >= 11 is 0. The molecule has 0 fully saturated rings. The quantitative estimate of drug-likeness (QED) is 0.636. The Bertz CT molecular complexity index is 376. The topological polar surface area (TPSA) is 68.2 Å². The number of imidazole rings is 1. The number of ether oxygens (including phenoxy) is 1. The predicted octanol–water partition coefficient (Wildman–Crippen LogP) is 0.391. The number of rotatable bonds is 9. The van der Waals surface area contributed by atoms with E-state index in [2.05, 4.69) is 29.5 Å². The van der Waals surface area contributed by atoms with Crippen molar-refractivity contribution in [1.29, 1.82) is 0 Å². The number of carbonyl (C=O) groups is 1. The van der Waals surface area contributed by atoms with Crippen LogP contribution in [0.1, 0.15) is 19.5 Å². The van der Waals surface area contributed by atoms with Crippen molar-refractivity contribution in [2.75, 3.05) is 26.8 Å². The largest absolute Gasteiger partial charge is 0.383 e. The second kappa shape index (κ2) is 8.66. The van der Waals surface area contributed by atoms with Crippen LogP contribution in [-0.2, 0) is 22.6 Å². The molecule has 108 valence electrons. The van der Waals surface area contributed by atoms with Gasteiger partial charge in [-0.15, -0.1) is 0 Å². The van der Waals surface area contributed by atoms with E-state index in [4.69, 9.17) is 4.74 Å². The number of methoxy groups -OCH3 is 1. The van der Waals surface area contributed by atoms with Gasteiger partial charge in [0.05, 0.1) is 18.6 Å². The Morgan fingerprint density at radius 2 is 2.32 bits per heavy atom. The molecule has 0 aromatic carbocycles. The van der Waals surface area contributed by atoms with Crippen LogP contribution in [-0.4, -0.2) is 42.3 Å². The number of carbonyl (C=O) groups excluding carboxylic acids is 1. The molecule has 0 saturated carbocycles. The van der Waals surface area contributed by atoms with Crippen molar-refractivity contribution in [2.45, 2.75) is 26.9 Å². The highest BCUT2D eigenvalue weighted by molar-refractivity contribution is 5.75. The first-order valence-corrected chi connectivity index (χ1v) is 6.58. The van der Waals surface area contributed by atoms with Crippen molar-refractivity contribution in [3.05, 3.63) is 18.2 Å². The Kier molecular flexibility index (Phi) is 7.14. The maximum absolute atomic E-state index is 11.7. The van der Waals surface area contributed by atoms with Gasteiger partial charge in [0.1, 0.15) is 6.54 Å². The predicted molar refractivity (Wildman–Crippen MR) is 73.7 cm³/mol. The van der Waals surface area contributed by atoms with Gasteiger partial charge in [0.25, 0.3) is 0 Å². The zero-order valence-electron chi connectivity index (χ0n) is 12.0. The molecule has 1 amide bonds. The van der Waals surface area contributed by atoms with Crippen molar-refractivity contribution in [3.63, 3.8) is 0 Å². The fourth-order valence-electron chi connectivity index (χ4n) is 1.56. The Labute approximate surface area is 114 Å². The van der Waals surface area contributed by atoms with Crippen LogP contribution in [0.15, 0.2) is 12.5 Å². The number of amides is 1. The Hall–Kier alpha value is -1.40. The van der Waals surface area contributed by atoms with E-state index in [0.29, 0.717) is 32.2 Å². The summed E-state index contributed by atoms with van der Waals surface area (Å²) in [5, 5.41) is 6.13. The lowest BCUT2D eigenvalue weighted by Crippen LogP contribution is -2.31. The van der Waals surface area contributed by atoms with E-state index < -0.39 is 0 Å². The van der Waals surface area contributed by atoms with Crippen LogP contribution in [0.2, 0.25) is 0 Å². The monoisotopic (exact) mass is 268 g/mol. The summed E-state index contributed by atoms with van der Waals surface area (Å²) in [5.74, 6) is 0.478. The van der Waals surface area contributed by atoms with E-state index in [9.17, 15) is 4.79 Å². The van der Waals surface area contributed by atoms with Crippen molar-refractivity contribution in [3.8, 4) is 0 Å². The average molecular weight is 268 g/mol. The highest BCUT2D eigenvalue weighted by Gasteiger charge is 2.07. The SMILES string of the molecule is COCCNCc1cncn1CC(=O)NCC(C)C. The van der Waals surface area contributed by atoms with Crippen molar-refractivity contribution in [1.82, 2.24) is 20.2 Å². The maximum atomic E-state index is 11.7. The molecule has 19 heavy (non-hydrogen) atoms. The Balaban J connectivity index is 2.37. The van der Waals surface area contributed by atoms with Crippen molar-refractivity contribution < 1.29 is 9.53 Å². The third-order valence-electron chi connectivity index (χ3n) is 2.61. The summed E-state index contributed by atoms with van der Waals surface area (Å²) in [6.07, 6.45) is 3.46. The first kappa shape index (κ1) is 15.7. The van der Waals surface area contributed by atoms with Crippen LogP contribution in [0.25, 0.3) is 0 Å². The molecule has 1 rings (SSSR count). The van der Waals surface area contributed by atoms with E-state index in [-0.39, 0.29) is 5.91 Å². The second-order valence-corrected chi connectivity index (χ2v) is 4.88. The number of nitrogens with zero attached hydrogens (tertiary/aromatic N) is 2. The molecule has 0 aliphatic carbocycles. The van der Waals surface area contributed by atoms with E-state index in [1.54, 1.807) is 19.6 Å². The lowest BCUT2D eigenvalue weighted by molar-refractivity contribution is -0.121. The van der Waals surface area contributed by atoms with Gasteiger partial charge in [0.15, 0.2) is 0 Å². The fraction of sp³-hybridized carbons (Fsp3) is 0.692. The number of hydrogen-bond donors (Lipinski definition) is 2. The van der Waals surface area contributed by atoms with Gasteiger partial charge < -0.3 is 19.9 Å². The smallest absolute Gasteiger partial charge is 0.239 e. The summed E-state index contributed by atoms with van der Waals surface area (Å²) in [6, 6.07) is 0. The molecular weight excluding hydrogens is 244 g/mol. The highest BCUT2D eigenvalue weighted by atomic mass is 16.5. The van der Waals surface area contributed by atoms with Crippen LogP contribution in [0.3, 0.4) is 0 Å². The molecular formula is C13H24N4O2. The van der Waals surface area contributed by atoms with E-state index >= 15 is 0 Å². The van der Waals surface area contributed by atoms with Gasteiger partial charge in [0, 0.05) is 32.9 Å². The van der Waals surface area contributed by atoms with Gasteiger partial charge in [0.2, 0.25) is 5.91 Å². The van der Waals surface area contributed by atoms with Gasteiger partial charge in [-0.1, -0.05) is 13.8 Å². The minimum absolute atomic E-state index is 0.0184. The van der Waals surface area contributed by atoms with Crippen LogP contribution in [0.4, 0.5) is 0 Å². The molecule has 0 unspecified atom stereocenters. The molecule has 0 aliphatic heterocycles. The molecule has 0 saturated heterocycles. The van der Waals surface area contributed by atoms with Crippen LogP contribution in [0, 0.1) is 5.92 Å². The van der Waals surface area contributed by atoms with E-state index in [1.165, 1.54) is 0 Å². The molecule has 2 N–H and O–H groups in total. The van der Waals surface area contributed by atoms with Gasteiger partial charge in [-0.05, 0) is 5.92 Å². The van der Waals surface area contributed by atoms with Gasteiger partial charge in [-0.3, -0.25) is 4.79 Å². The second-order valence-electron chi connectivity index (χ2n) is 4.88. The lowest BCUT2D eigenvalue weighted by Gasteiger charge is -2.11. The van der Waals surface area contributed by atoms with Crippen molar-refractivity contribution >= 4 is 5.91 Å².